The molecule has 3 aromatic rings. The molecule has 3 rings (SSSR count). The maximum atomic E-state index is 12.4. The number of rotatable bonds is 6. The highest BCUT2D eigenvalue weighted by Gasteiger charge is 2.18. The molecule has 0 aliphatic heterocycles. The number of pyridine rings is 1. The van der Waals surface area contributed by atoms with Crippen molar-refractivity contribution in [2.75, 3.05) is 25.2 Å². The minimum atomic E-state index is -3.51. The molecule has 1 amide bonds. The second-order valence-electron chi connectivity index (χ2n) is 6.56. The second kappa shape index (κ2) is 8.71. The molecule has 2 aromatic carbocycles. The lowest BCUT2D eigenvalue weighted by Gasteiger charge is -2.13. The lowest BCUT2D eigenvalue weighted by atomic mass is 10.1. The quantitative estimate of drug-likeness (QED) is 0.571. The van der Waals surface area contributed by atoms with Gasteiger partial charge in [0.2, 0.25) is 15.9 Å². The van der Waals surface area contributed by atoms with Crippen molar-refractivity contribution in [2.45, 2.75) is 16.8 Å². The number of anilines is 1. The van der Waals surface area contributed by atoms with Gasteiger partial charge in [0.1, 0.15) is 0 Å². The number of aryl methyl sites for hydroxylation is 1. The molecular weight excluding hydrogens is 430 g/mol. The highest BCUT2D eigenvalue weighted by atomic mass is 35.5. The lowest BCUT2D eigenvalue weighted by molar-refractivity contribution is -0.113. The predicted molar refractivity (Wildman–Crippen MR) is 118 cm³/mol. The fraction of sp³-hybridized carbons (Fsp3) is 0.200. The van der Waals surface area contributed by atoms with E-state index in [4.69, 9.17) is 11.6 Å². The van der Waals surface area contributed by atoms with E-state index in [0.717, 1.165) is 10.9 Å². The minimum absolute atomic E-state index is 0.177. The van der Waals surface area contributed by atoms with E-state index < -0.39 is 10.0 Å². The largest absolute Gasteiger partial charge is 0.324 e. The van der Waals surface area contributed by atoms with Gasteiger partial charge in [-0.05, 0) is 48.9 Å². The SMILES string of the molecule is Cc1cc(SCC(=O)Nc2ccccc2Cl)nc2ccc(S(=O)(=O)N(C)C)cc12. The number of sulfonamides is 1. The van der Waals surface area contributed by atoms with Crippen LogP contribution in [0.25, 0.3) is 10.9 Å². The number of carbonyl (C=O) groups excluding carboxylic acids is 1. The van der Waals surface area contributed by atoms with Gasteiger partial charge in [0, 0.05) is 19.5 Å². The Morgan fingerprint density at radius 2 is 1.90 bits per heavy atom. The van der Waals surface area contributed by atoms with Gasteiger partial charge < -0.3 is 5.32 Å². The summed E-state index contributed by atoms with van der Waals surface area (Å²) in [5, 5.41) is 4.71. The molecule has 6 nitrogen and oxygen atoms in total. The van der Waals surface area contributed by atoms with Gasteiger partial charge in [0.25, 0.3) is 0 Å². The molecule has 152 valence electrons. The van der Waals surface area contributed by atoms with Gasteiger partial charge in [0.05, 0.1) is 31.9 Å². The number of para-hydroxylation sites is 1. The first-order chi connectivity index (χ1) is 13.7. The normalized spacial score (nSPS) is 11.8. The molecule has 1 heterocycles. The van der Waals surface area contributed by atoms with Crippen molar-refractivity contribution in [2.24, 2.45) is 0 Å². The fourth-order valence-electron chi connectivity index (χ4n) is 2.68. The third-order valence-electron chi connectivity index (χ3n) is 4.24. The van der Waals surface area contributed by atoms with E-state index in [2.05, 4.69) is 10.3 Å². The van der Waals surface area contributed by atoms with Crippen molar-refractivity contribution in [1.82, 2.24) is 9.29 Å². The average molecular weight is 450 g/mol. The third kappa shape index (κ3) is 4.90. The number of nitrogens with zero attached hydrogens (tertiary/aromatic N) is 2. The third-order valence-corrected chi connectivity index (χ3v) is 7.29. The molecule has 0 fully saturated rings. The zero-order valence-corrected chi connectivity index (χ0v) is 18.5. The summed E-state index contributed by atoms with van der Waals surface area (Å²) < 4.78 is 25.9. The molecule has 1 aromatic heterocycles. The molecule has 0 unspecified atom stereocenters. The monoisotopic (exact) mass is 449 g/mol. The number of thioether (sulfide) groups is 1. The van der Waals surface area contributed by atoms with Gasteiger partial charge in [0.15, 0.2) is 0 Å². The number of halogens is 1. The van der Waals surface area contributed by atoms with Crippen LogP contribution in [-0.2, 0) is 14.8 Å². The van der Waals surface area contributed by atoms with Crippen molar-refractivity contribution in [3.63, 3.8) is 0 Å². The van der Waals surface area contributed by atoms with Crippen LogP contribution in [0.15, 0.2) is 58.5 Å². The van der Waals surface area contributed by atoms with E-state index in [1.54, 1.807) is 42.5 Å². The average Bonchev–Trinajstić information content (AvgIpc) is 2.68. The number of nitrogens with one attached hydrogen (secondary N) is 1. The molecular formula is C20H20ClN3O3S2. The van der Waals surface area contributed by atoms with Crippen molar-refractivity contribution < 1.29 is 13.2 Å². The molecule has 9 heteroatoms. The Labute approximate surface area is 179 Å². The van der Waals surface area contributed by atoms with E-state index in [9.17, 15) is 13.2 Å². The zero-order chi connectivity index (χ0) is 21.2. The molecule has 0 atom stereocenters. The molecule has 0 spiro atoms. The Kier molecular flexibility index (Phi) is 6.48. The van der Waals surface area contributed by atoms with Gasteiger partial charge in [-0.25, -0.2) is 17.7 Å². The van der Waals surface area contributed by atoms with Gasteiger partial charge in [-0.15, -0.1) is 0 Å². The number of benzene rings is 2. The van der Waals surface area contributed by atoms with E-state index in [-0.39, 0.29) is 16.6 Å². The van der Waals surface area contributed by atoms with Crippen LogP contribution in [0, 0.1) is 6.92 Å². The smallest absolute Gasteiger partial charge is 0.242 e. The van der Waals surface area contributed by atoms with Gasteiger partial charge in [-0.1, -0.05) is 35.5 Å². The first kappa shape index (κ1) is 21.6. The first-order valence-corrected chi connectivity index (χ1v) is 11.5. The van der Waals surface area contributed by atoms with Crippen LogP contribution in [0.3, 0.4) is 0 Å². The summed E-state index contributed by atoms with van der Waals surface area (Å²) in [7, 11) is -0.517. The molecule has 29 heavy (non-hydrogen) atoms. The van der Waals surface area contributed by atoms with Crippen LogP contribution in [0.5, 0.6) is 0 Å². The maximum Gasteiger partial charge on any atom is 0.242 e. The Bertz CT molecular complexity index is 1180. The summed E-state index contributed by atoms with van der Waals surface area (Å²) in [4.78, 5) is 17.0. The molecule has 0 saturated carbocycles. The Hall–Kier alpha value is -2.13. The molecule has 0 bridgehead atoms. The summed E-state index contributed by atoms with van der Waals surface area (Å²) in [6.45, 7) is 1.89. The summed E-state index contributed by atoms with van der Waals surface area (Å²) in [6.07, 6.45) is 0. The summed E-state index contributed by atoms with van der Waals surface area (Å²) in [5.41, 5.74) is 2.13. The fourth-order valence-corrected chi connectivity index (χ4v) is 4.56. The number of carbonyl (C=O) groups is 1. The van der Waals surface area contributed by atoms with Crippen LogP contribution in [0.1, 0.15) is 5.56 Å². The number of aromatic nitrogens is 1. The van der Waals surface area contributed by atoms with Crippen molar-refractivity contribution in [3.05, 3.63) is 59.1 Å². The molecule has 1 N–H and O–H groups in total. The lowest BCUT2D eigenvalue weighted by Crippen LogP contribution is -2.22. The van der Waals surface area contributed by atoms with Crippen LogP contribution in [-0.4, -0.2) is 43.5 Å². The standard InChI is InChI=1S/C20H20ClN3O3S2/c1-13-10-20(28-12-19(25)22-18-7-5-4-6-16(18)21)23-17-9-8-14(11-15(13)17)29(26,27)24(2)3/h4-11H,12H2,1-3H3,(H,22,25). The number of amides is 1. The number of hydrogen-bond acceptors (Lipinski definition) is 5. The van der Waals surface area contributed by atoms with Crippen LogP contribution in [0.2, 0.25) is 5.02 Å². The van der Waals surface area contributed by atoms with E-state index in [1.807, 2.05) is 13.0 Å². The number of fused-ring (bicyclic) bond motifs is 1. The Morgan fingerprint density at radius 1 is 1.17 bits per heavy atom. The van der Waals surface area contributed by atoms with Crippen LogP contribution < -0.4 is 5.32 Å². The molecule has 0 aliphatic rings. The van der Waals surface area contributed by atoms with Crippen molar-refractivity contribution in [1.29, 1.82) is 0 Å². The summed E-state index contributed by atoms with van der Waals surface area (Å²) >= 11 is 7.36. The molecule has 0 radical (unpaired) electrons. The predicted octanol–water partition coefficient (Wildman–Crippen LogP) is 4.18. The summed E-state index contributed by atoms with van der Waals surface area (Å²) in [5.74, 6) is -0.00827. The van der Waals surface area contributed by atoms with E-state index in [1.165, 1.54) is 30.2 Å². The van der Waals surface area contributed by atoms with Crippen LogP contribution >= 0.6 is 23.4 Å². The second-order valence-corrected chi connectivity index (χ2v) is 10.1. The number of hydrogen-bond donors (Lipinski definition) is 1. The zero-order valence-electron chi connectivity index (χ0n) is 16.1. The van der Waals surface area contributed by atoms with Crippen molar-refractivity contribution >= 4 is 55.9 Å². The first-order valence-electron chi connectivity index (χ1n) is 8.69. The summed E-state index contributed by atoms with van der Waals surface area (Å²) in [6, 6.07) is 13.8. The highest BCUT2D eigenvalue weighted by Crippen LogP contribution is 2.27. The molecule has 0 aliphatic carbocycles. The van der Waals surface area contributed by atoms with Gasteiger partial charge in [-0.2, -0.15) is 0 Å². The Morgan fingerprint density at radius 3 is 2.59 bits per heavy atom. The van der Waals surface area contributed by atoms with Gasteiger partial charge >= 0.3 is 0 Å². The maximum absolute atomic E-state index is 12.4. The topological polar surface area (TPSA) is 79.4 Å². The minimum Gasteiger partial charge on any atom is -0.324 e. The van der Waals surface area contributed by atoms with Crippen LogP contribution in [0.4, 0.5) is 5.69 Å². The van der Waals surface area contributed by atoms with Gasteiger partial charge in [-0.3, -0.25) is 4.79 Å². The molecule has 0 saturated heterocycles. The highest BCUT2D eigenvalue weighted by molar-refractivity contribution is 7.99. The Balaban J connectivity index is 1.77. The van der Waals surface area contributed by atoms with E-state index >= 15 is 0 Å². The van der Waals surface area contributed by atoms with E-state index in [0.29, 0.717) is 21.3 Å². The van der Waals surface area contributed by atoms with Crippen molar-refractivity contribution in [3.8, 4) is 0 Å².